The lowest BCUT2D eigenvalue weighted by atomic mass is 11.6. The molecule has 0 unspecified atom stereocenters. The fourth-order valence-corrected chi connectivity index (χ4v) is 0. The van der Waals surface area contributed by atoms with Gasteiger partial charge in [0, 0.05) is 7.05 Å². The predicted molar refractivity (Wildman–Crippen MR) is 28.4 cm³/mol. The Balaban J connectivity index is 3.14. The van der Waals surface area contributed by atoms with E-state index in [1.165, 1.54) is 0 Å². The summed E-state index contributed by atoms with van der Waals surface area (Å²) in [6, 6.07) is 0. The molecule has 0 aromatic rings. The van der Waals surface area contributed by atoms with Crippen LogP contribution in [0.15, 0.2) is 4.74 Å². The normalized spacial score (nSPS) is 8.80. The van der Waals surface area contributed by atoms with E-state index in [4.69, 9.17) is 22.5 Å². The average Bonchev–Trinajstić information content (AvgIpc) is 1.38. The van der Waals surface area contributed by atoms with Gasteiger partial charge in [-0.25, -0.2) is 0 Å². The van der Waals surface area contributed by atoms with Crippen molar-refractivity contribution in [1.29, 1.82) is 0 Å². The van der Waals surface area contributed by atoms with Crippen LogP contribution in [0.4, 0.5) is 0 Å². The van der Waals surface area contributed by atoms with Gasteiger partial charge in [0.15, 0.2) is 0 Å². The summed E-state index contributed by atoms with van der Waals surface area (Å²) in [6.07, 6.45) is -1.30. The van der Waals surface area contributed by atoms with E-state index in [2.05, 4.69) is 4.74 Å². The third-order valence-electron chi connectivity index (χ3n) is 0.169. The van der Waals surface area contributed by atoms with Crippen molar-refractivity contribution in [1.82, 2.24) is 0 Å². The molecule has 0 saturated carbocycles. The van der Waals surface area contributed by atoms with E-state index >= 15 is 0 Å². The minimum atomic E-state index is -1.30. The largest absolute Gasteiger partial charge is 0.279 e. The van der Waals surface area contributed by atoms with E-state index in [0.29, 0.717) is 0 Å². The van der Waals surface area contributed by atoms with E-state index in [9.17, 15) is 0 Å². The van der Waals surface area contributed by atoms with Crippen molar-refractivity contribution in [3.63, 3.8) is 0 Å². The molecule has 0 atom stereocenters. The molecule has 0 amide bonds. The number of rotatable bonds is 0. The fourth-order valence-electron chi connectivity index (χ4n) is 0. The molecule has 0 heterocycles. The first-order valence-corrected chi connectivity index (χ1v) is 4.52. The van der Waals surface area contributed by atoms with Gasteiger partial charge in [-0.05, 0) is 0 Å². The molecule has 4 heteroatoms. The average molecular weight is 132 g/mol. The van der Waals surface area contributed by atoms with Gasteiger partial charge in [-0.3, -0.25) is 4.74 Å². The van der Waals surface area contributed by atoms with Crippen molar-refractivity contribution in [2.45, 2.75) is 0 Å². The molecule has 32 valence electrons. The second-order valence-electron chi connectivity index (χ2n) is 0.464. The first-order chi connectivity index (χ1) is 2.27. The molecule has 0 aliphatic carbocycles. The maximum Gasteiger partial charge on any atom is 0.124 e. The highest BCUT2D eigenvalue weighted by molar-refractivity contribution is 7.96. The molecule has 0 fully saturated rings. The van der Waals surface area contributed by atoms with Crippen LogP contribution in [0.3, 0.4) is 0 Å². The first-order valence-electron chi connectivity index (χ1n) is 1.05. The van der Waals surface area contributed by atoms with Gasteiger partial charge in [0.05, 0.1) is 0 Å². The Morgan fingerprint density at radius 1 is 1.60 bits per heavy atom. The first kappa shape index (κ1) is 5.81. The van der Waals surface area contributed by atoms with E-state index < -0.39 is 6.42 Å². The van der Waals surface area contributed by atoms with Crippen molar-refractivity contribution in [3.8, 4) is 0 Å². The Bertz CT molecular complexity index is 47.6. The van der Waals surface area contributed by atoms with E-state index in [1.807, 2.05) is 0 Å². The zero-order valence-electron chi connectivity index (χ0n) is 2.70. The molecule has 0 aromatic heterocycles. The molecule has 0 rings (SSSR count). The summed E-state index contributed by atoms with van der Waals surface area (Å²) in [6.45, 7) is 0. The molecular formula is CH4Cl2NP. The SMILES string of the molecule is CN=[PH](Cl)Cl. The van der Waals surface area contributed by atoms with Gasteiger partial charge in [0.2, 0.25) is 0 Å². The lowest BCUT2D eigenvalue weighted by molar-refractivity contribution is 1.52. The van der Waals surface area contributed by atoms with Crippen LogP contribution >= 0.6 is 28.9 Å². The third kappa shape index (κ3) is 4.81. The van der Waals surface area contributed by atoms with Crippen molar-refractivity contribution in [3.05, 3.63) is 0 Å². The lowest BCUT2D eigenvalue weighted by Gasteiger charge is -1.70. The highest BCUT2D eigenvalue weighted by atomic mass is 35.9. The minimum absolute atomic E-state index is 1.30. The summed E-state index contributed by atoms with van der Waals surface area (Å²) in [5, 5.41) is 0. The molecule has 0 bridgehead atoms. The van der Waals surface area contributed by atoms with Gasteiger partial charge in [0.25, 0.3) is 0 Å². The summed E-state index contributed by atoms with van der Waals surface area (Å²) in [7, 11) is 1.61. The van der Waals surface area contributed by atoms with Crippen LogP contribution in [-0.4, -0.2) is 7.05 Å². The van der Waals surface area contributed by atoms with Gasteiger partial charge in [0.1, 0.15) is 6.42 Å². The second kappa shape index (κ2) is 3.02. The summed E-state index contributed by atoms with van der Waals surface area (Å²) in [4.78, 5) is 0. The number of hydrogen-bond acceptors (Lipinski definition) is 1. The Hall–Kier alpha value is 0.810. The van der Waals surface area contributed by atoms with Crippen LogP contribution in [0.2, 0.25) is 0 Å². The fraction of sp³-hybridized carbons (Fsp3) is 1.00. The van der Waals surface area contributed by atoms with Gasteiger partial charge in [-0.2, -0.15) is 0 Å². The quantitative estimate of drug-likeness (QED) is 0.448. The van der Waals surface area contributed by atoms with Gasteiger partial charge in [-0.15, -0.1) is 0 Å². The summed E-state index contributed by atoms with van der Waals surface area (Å²) < 4.78 is 3.52. The van der Waals surface area contributed by atoms with E-state index in [0.717, 1.165) is 0 Å². The van der Waals surface area contributed by atoms with E-state index in [-0.39, 0.29) is 0 Å². The zero-order chi connectivity index (χ0) is 4.28. The second-order valence-corrected chi connectivity index (χ2v) is 4.12. The van der Waals surface area contributed by atoms with Gasteiger partial charge in [-0.1, -0.05) is 22.5 Å². The summed E-state index contributed by atoms with van der Waals surface area (Å²) >= 11 is 10.3. The Kier molecular flexibility index (Phi) is 3.51. The van der Waals surface area contributed by atoms with Crippen molar-refractivity contribution >= 4 is 28.9 Å². The van der Waals surface area contributed by atoms with Crippen LogP contribution in [-0.2, 0) is 0 Å². The van der Waals surface area contributed by atoms with E-state index in [1.54, 1.807) is 7.05 Å². The highest BCUT2D eigenvalue weighted by Gasteiger charge is 1.66. The Morgan fingerprint density at radius 2 is 1.80 bits per heavy atom. The number of nitrogens with zero attached hydrogens (tertiary/aromatic N) is 1. The molecular weight excluding hydrogens is 128 g/mol. The van der Waals surface area contributed by atoms with Crippen molar-refractivity contribution in [2.75, 3.05) is 7.05 Å². The van der Waals surface area contributed by atoms with Crippen LogP contribution < -0.4 is 0 Å². The van der Waals surface area contributed by atoms with Crippen LogP contribution in [0.5, 0.6) is 0 Å². The Labute approximate surface area is 41.3 Å². The molecule has 0 radical (unpaired) electrons. The third-order valence-corrected chi connectivity index (χ3v) is 1.52. The smallest absolute Gasteiger partial charge is 0.124 e. The predicted octanol–water partition coefficient (Wildman–Crippen LogP) is 2.32. The molecule has 0 spiro atoms. The molecule has 1 nitrogen and oxygen atoms in total. The monoisotopic (exact) mass is 131 g/mol. The molecule has 0 aliphatic heterocycles. The van der Waals surface area contributed by atoms with Crippen LogP contribution in [0, 0.1) is 0 Å². The number of halogens is 2. The molecule has 5 heavy (non-hydrogen) atoms. The van der Waals surface area contributed by atoms with Crippen LogP contribution in [0.1, 0.15) is 0 Å². The maximum atomic E-state index is 5.16. The molecule has 0 aromatic carbocycles. The number of hydrogen-bond donors (Lipinski definition) is 0. The summed E-state index contributed by atoms with van der Waals surface area (Å²) in [5.74, 6) is 0. The highest BCUT2D eigenvalue weighted by Crippen LogP contribution is 2.35. The van der Waals surface area contributed by atoms with Crippen LogP contribution in [0.25, 0.3) is 0 Å². The summed E-state index contributed by atoms with van der Waals surface area (Å²) in [5.41, 5.74) is 0. The van der Waals surface area contributed by atoms with Crippen molar-refractivity contribution < 1.29 is 0 Å². The van der Waals surface area contributed by atoms with Gasteiger partial charge >= 0.3 is 0 Å². The molecule has 0 N–H and O–H groups in total. The van der Waals surface area contributed by atoms with Gasteiger partial charge < -0.3 is 0 Å². The Morgan fingerprint density at radius 3 is 1.80 bits per heavy atom. The maximum absolute atomic E-state index is 5.16. The van der Waals surface area contributed by atoms with Crippen molar-refractivity contribution in [2.24, 2.45) is 4.74 Å². The lowest BCUT2D eigenvalue weighted by Crippen LogP contribution is -1.24. The zero-order valence-corrected chi connectivity index (χ0v) is 5.22. The standard InChI is InChI=1S/CH4Cl2NP/c1-4-5(2)3/h5H,1H3. The minimum Gasteiger partial charge on any atom is -0.279 e. The molecule has 0 aliphatic rings. The molecule has 0 saturated heterocycles. The topological polar surface area (TPSA) is 12.4 Å².